The summed E-state index contributed by atoms with van der Waals surface area (Å²) in [6, 6.07) is 6.77. The summed E-state index contributed by atoms with van der Waals surface area (Å²) in [5, 5.41) is 11.9. The lowest BCUT2D eigenvalue weighted by Crippen LogP contribution is -2.31. The van der Waals surface area contributed by atoms with Crippen molar-refractivity contribution in [2.24, 2.45) is 7.05 Å². The number of hydrogen-bond acceptors (Lipinski definition) is 4. The van der Waals surface area contributed by atoms with Crippen molar-refractivity contribution in [2.75, 3.05) is 5.32 Å². The van der Waals surface area contributed by atoms with Crippen LogP contribution in [-0.4, -0.2) is 24.9 Å². The Bertz CT molecular complexity index is 1080. The molecule has 1 aromatic heterocycles. The van der Waals surface area contributed by atoms with Gasteiger partial charge < -0.3 is 9.88 Å². The Morgan fingerprint density at radius 1 is 1.48 bits per heavy atom. The summed E-state index contributed by atoms with van der Waals surface area (Å²) in [6.07, 6.45) is 3.95. The molecule has 2 aromatic rings. The molecule has 1 aromatic carbocycles. The zero-order valence-corrected chi connectivity index (χ0v) is 15.9. The van der Waals surface area contributed by atoms with Gasteiger partial charge in [-0.3, -0.25) is 4.79 Å². The number of carbonyl (C=O) groups is 1. The van der Waals surface area contributed by atoms with Gasteiger partial charge in [0.1, 0.15) is 10.6 Å². The molecule has 0 aliphatic carbocycles. The van der Waals surface area contributed by atoms with Crippen LogP contribution in [0.1, 0.15) is 33.6 Å². The number of fused-ring (bicyclic) bond motifs is 1. The van der Waals surface area contributed by atoms with Crippen LogP contribution < -0.4 is 10.0 Å². The van der Waals surface area contributed by atoms with Gasteiger partial charge in [0.25, 0.3) is 5.91 Å². The summed E-state index contributed by atoms with van der Waals surface area (Å²) in [7, 11) is -2.09. The Kier molecular flexibility index (Phi) is 4.91. The van der Waals surface area contributed by atoms with Crippen molar-refractivity contribution in [2.45, 2.75) is 30.7 Å². The van der Waals surface area contributed by atoms with Crippen LogP contribution in [0.2, 0.25) is 0 Å². The molecule has 8 heteroatoms. The van der Waals surface area contributed by atoms with Crippen molar-refractivity contribution in [1.29, 1.82) is 5.26 Å². The minimum atomic E-state index is -3.73. The van der Waals surface area contributed by atoms with E-state index in [2.05, 4.69) is 22.7 Å². The molecular weight excluding hydrogens is 364 g/mol. The van der Waals surface area contributed by atoms with E-state index in [1.807, 2.05) is 6.92 Å². The summed E-state index contributed by atoms with van der Waals surface area (Å²) in [6.45, 7) is 5.47. The van der Waals surface area contributed by atoms with Crippen LogP contribution in [0.15, 0.2) is 41.9 Å². The summed E-state index contributed by atoms with van der Waals surface area (Å²) < 4.78 is 29.3. The normalized spacial score (nSPS) is 18.0. The fourth-order valence-corrected chi connectivity index (χ4v) is 4.78. The molecule has 27 heavy (non-hydrogen) atoms. The summed E-state index contributed by atoms with van der Waals surface area (Å²) in [4.78, 5) is 13.0. The average molecular weight is 384 g/mol. The van der Waals surface area contributed by atoms with Gasteiger partial charge in [-0.1, -0.05) is 12.1 Å². The second kappa shape index (κ2) is 7.02. The molecule has 0 spiro atoms. The van der Waals surface area contributed by atoms with Crippen molar-refractivity contribution in [1.82, 2.24) is 9.29 Å². The maximum Gasteiger partial charge on any atom is 0.272 e. The van der Waals surface area contributed by atoms with E-state index >= 15 is 0 Å². The highest BCUT2D eigenvalue weighted by atomic mass is 32.2. The molecule has 2 N–H and O–H groups in total. The number of rotatable bonds is 3. The Balaban J connectivity index is 1.99. The zero-order valence-electron chi connectivity index (χ0n) is 15.1. The number of aryl methyl sites for hydroxylation is 2. The number of nitrogens with one attached hydrogen (secondary N) is 2. The van der Waals surface area contributed by atoms with Crippen LogP contribution in [0, 0.1) is 18.3 Å². The molecule has 2 heterocycles. The second-order valence-corrected chi connectivity index (χ2v) is 8.21. The van der Waals surface area contributed by atoms with Crippen LogP contribution in [0.3, 0.4) is 0 Å². The maximum atomic E-state index is 12.9. The molecule has 3 rings (SSSR count). The monoisotopic (exact) mass is 384 g/mol. The Labute approximate surface area is 158 Å². The van der Waals surface area contributed by atoms with Crippen LogP contribution in [-0.2, 0) is 23.5 Å². The number of nitriles is 1. The Morgan fingerprint density at radius 2 is 2.22 bits per heavy atom. The minimum absolute atomic E-state index is 0.112. The molecule has 1 amide bonds. The van der Waals surface area contributed by atoms with Gasteiger partial charge >= 0.3 is 0 Å². The van der Waals surface area contributed by atoms with E-state index in [-0.39, 0.29) is 10.9 Å². The van der Waals surface area contributed by atoms with Crippen molar-refractivity contribution in [3.63, 3.8) is 0 Å². The topological polar surface area (TPSA) is 104 Å². The Morgan fingerprint density at radius 3 is 2.89 bits per heavy atom. The fraction of sp³-hybridized carbons (Fsp3) is 0.263. The van der Waals surface area contributed by atoms with E-state index < -0.39 is 15.9 Å². The smallest absolute Gasteiger partial charge is 0.272 e. The molecule has 140 valence electrons. The molecule has 0 saturated heterocycles. The predicted octanol–water partition coefficient (Wildman–Crippen LogP) is 2.24. The highest BCUT2D eigenvalue weighted by molar-refractivity contribution is 7.89. The highest BCUT2D eigenvalue weighted by Gasteiger charge is 2.32. The largest absolute Gasteiger partial charge is 0.345 e. The number of amides is 1. The van der Waals surface area contributed by atoms with E-state index in [1.54, 1.807) is 31.3 Å². The molecule has 0 saturated carbocycles. The maximum absolute atomic E-state index is 12.9. The first-order valence-corrected chi connectivity index (χ1v) is 9.90. The third-order valence-corrected chi connectivity index (χ3v) is 6.21. The van der Waals surface area contributed by atoms with Crippen molar-refractivity contribution < 1.29 is 13.2 Å². The van der Waals surface area contributed by atoms with E-state index in [0.717, 1.165) is 5.56 Å². The zero-order chi connectivity index (χ0) is 19.8. The van der Waals surface area contributed by atoms with E-state index in [4.69, 9.17) is 5.26 Å². The Hall–Kier alpha value is -2.89. The lowest BCUT2D eigenvalue weighted by Gasteiger charge is -2.11. The standard InChI is InChI=1S/C19H20N4O3S/c1-4-14-7-8-16-17(27(25,26)22-14)11-23(3)18(16)19(24)21-15-6-5-12(2)13(9-15)10-20/h4-6,9,11,14,22H,1,7-8H2,2-3H3,(H,21,24). The first-order chi connectivity index (χ1) is 12.8. The van der Waals surface area contributed by atoms with Gasteiger partial charge in [-0.15, -0.1) is 6.58 Å². The summed E-state index contributed by atoms with van der Waals surface area (Å²) in [5.74, 6) is -0.418. The number of benzene rings is 1. The molecule has 1 aliphatic rings. The van der Waals surface area contributed by atoms with Crippen molar-refractivity contribution >= 4 is 21.6 Å². The van der Waals surface area contributed by atoms with Crippen molar-refractivity contribution in [3.8, 4) is 6.07 Å². The first kappa shape index (κ1) is 18.9. The number of nitrogens with zero attached hydrogens (tertiary/aromatic N) is 2. The summed E-state index contributed by atoms with van der Waals surface area (Å²) >= 11 is 0. The van der Waals surface area contributed by atoms with Crippen LogP contribution in [0.25, 0.3) is 0 Å². The lowest BCUT2D eigenvalue weighted by atomic mass is 10.1. The number of hydrogen-bond donors (Lipinski definition) is 2. The molecule has 1 unspecified atom stereocenters. The first-order valence-electron chi connectivity index (χ1n) is 8.42. The van der Waals surface area contributed by atoms with Gasteiger partial charge in [-0.25, -0.2) is 13.1 Å². The average Bonchev–Trinajstić information content (AvgIpc) is 2.91. The second-order valence-electron chi connectivity index (χ2n) is 6.53. The predicted molar refractivity (Wildman–Crippen MR) is 102 cm³/mol. The highest BCUT2D eigenvalue weighted by Crippen LogP contribution is 2.28. The number of carbonyl (C=O) groups excluding carboxylic acids is 1. The molecule has 0 radical (unpaired) electrons. The molecular formula is C19H20N4O3S. The number of anilines is 1. The molecule has 0 bridgehead atoms. The fourth-order valence-electron chi connectivity index (χ4n) is 3.22. The van der Waals surface area contributed by atoms with Gasteiger partial charge in [-0.05, 0) is 37.5 Å². The van der Waals surface area contributed by atoms with E-state index in [1.165, 1.54) is 10.8 Å². The lowest BCUT2D eigenvalue weighted by molar-refractivity contribution is 0.101. The van der Waals surface area contributed by atoms with Crippen molar-refractivity contribution in [3.05, 3.63) is 59.4 Å². The quantitative estimate of drug-likeness (QED) is 0.792. The molecule has 1 aliphatic heterocycles. The van der Waals surface area contributed by atoms with Gasteiger partial charge in [-0.2, -0.15) is 5.26 Å². The summed E-state index contributed by atoms with van der Waals surface area (Å²) in [5.41, 5.74) is 2.55. The molecule has 1 atom stereocenters. The van der Waals surface area contributed by atoms with Crippen LogP contribution >= 0.6 is 0 Å². The van der Waals surface area contributed by atoms with Gasteiger partial charge in [0.2, 0.25) is 10.0 Å². The molecule has 0 fully saturated rings. The van der Waals surface area contributed by atoms with E-state index in [9.17, 15) is 13.2 Å². The van der Waals surface area contributed by atoms with Crippen LogP contribution in [0.4, 0.5) is 5.69 Å². The van der Waals surface area contributed by atoms with Crippen LogP contribution in [0.5, 0.6) is 0 Å². The molecule has 7 nitrogen and oxygen atoms in total. The third kappa shape index (κ3) is 3.52. The van der Waals surface area contributed by atoms with Gasteiger partial charge in [0.15, 0.2) is 0 Å². The minimum Gasteiger partial charge on any atom is -0.345 e. The van der Waals surface area contributed by atoms with Gasteiger partial charge in [0.05, 0.1) is 11.6 Å². The van der Waals surface area contributed by atoms with Gasteiger partial charge in [0, 0.05) is 30.5 Å². The van der Waals surface area contributed by atoms with E-state index in [0.29, 0.717) is 35.3 Å². The number of aromatic nitrogens is 1. The SMILES string of the molecule is C=CC1CCc2c(cn(C)c2C(=O)Nc2ccc(C)c(C#N)c2)S(=O)(=O)N1. The number of sulfonamides is 1. The third-order valence-electron chi connectivity index (χ3n) is 4.66.